The summed E-state index contributed by atoms with van der Waals surface area (Å²) in [7, 11) is 1.67. The average Bonchev–Trinajstić information content (AvgIpc) is 3.02. The van der Waals surface area contributed by atoms with E-state index in [2.05, 4.69) is 22.0 Å². The first kappa shape index (κ1) is 16.7. The lowest BCUT2D eigenvalue weighted by Gasteiger charge is -2.30. The van der Waals surface area contributed by atoms with Gasteiger partial charge in [-0.15, -0.1) is 0 Å². The molecule has 4 rings (SSSR count). The molecule has 4 nitrogen and oxygen atoms in total. The largest absolute Gasteiger partial charge is 0.497 e. The summed E-state index contributed by atoms with van der Waals surface area (Å²) >= 11 is 0. The lowest BCUT2D eigenvalue weighted by molar-refractivity contribution is 0.0681. The highest BCUT2D eigenvalue weighted by Gasteiger charge is 2.27. The van der Waals surface area contributed by atoms with Crippen LogP contribution >= 0.6 is 0 Å². The lowest BCUT2D eigenvalue weighted by atomic mass is 9.99. The van der Waals surface area contributed by atoms with Crippen molar-refractivity contribution in [3.63, 3.8) is 0 Å². The predicted octanol–water partition coefficient (Wildman–Crippen LogP) is 4.93. The third kappa shape index (κ3) is 3.19. The topological polar surface area (TPSA) is 45.3 Å². The Morgan fingerprint density at radius 1 is 1.08 bits per heavy atom. The van der Waals surface area contributed by atoms with Crippen molar-refractivity contribution in [3.05, 3.63) is 65.9 Å². The third-order valence-electron chi connectivity index (χ3n) is 5.32. The summed E-state index contributed by atoms with van der Waals surface area (Å²) in [4.78, 5) is 18.6. The van der Waals surface area contributed by atoms with Crippen LogP contribution in [0.25, 0.3) is 10.9 Å². The van der Waals surface area contributed by atoms with Gasteiger partial charge in [0.25, 0.3) is 5.91 Å². The average molecular weight is 348 g/mol. The number of rotatable bonds is 3. The molecule has 1 amide bonds. The molecule has 0 bridgehead atoms. The van der Waals surface area contributed by atoms with Crippen molar-refractivity contribution in [1.29, 1.82) is 0 Å². The Bertz CT molecular complexity index is 898. The summed E-state index contributed by atoms with van der Waals surface area (Å²) in [6.07, 6.45) is 6.29. The molecule has 2 heterocycles. The predicted molar refractivity (Wildman–Crippen MR) is 104 cm³/mol. The fraction of sp³-hybridized carbons (Fsp3) is 0.318. The second kappa shape index (κ2) is 7.24. The number of hydrogen-bond donors (Lipinski definition) is 1. The van der Waals surface area contributed by atoms with Crippen LogP contribution in [0.3, 0.4) is 0 Å². The fourth-order valence-corrected chi connectivity index (χ4v) is 3.87. The van der Waals surface area contributed by atoms with Gasteiger partial charge in [0.15, 0.2) is 0 Å². The third-order valence-corrected chi connectivity index (χ3v) is 5.32. The van der Waals surface area contributed by atoms with E-state index < -0.39 is 0 Å². The molecule has 1 N–H and O–H groups in total. The summed E-state index contributed by atoms with van der Waals surface area (Å²) in [5, 5.41) is 1.13. The molecule has 4 heteroatoms. The molecular formula is C22H24N2O2. The van der Waals surface area contributed by atoms with Crippen LogP contribution in [-0.2, 0) is 0 Å². The van der Waals surface area contributed by atoms with Gasteiger partial charge in [-0.1, -0.05) is 31.0 Å². The van der Waals surface area contributed by atoms with Gasteiger partial charge in [0.2, 0.25) is 0 Å². The van der Waals surface area contributed by atoms with E-state index in [0.29, 0.717) is 0 Å². The van der Waals surface area contributed by atoms with Crippen molar-refractivity contribution in [2.45, 2.75) is 31.7 Å². The van der Waals surface area contributed by atoms with Crippen molar-refractivity contribution in [2.24, 2.45) is 0 Å². The monoisotopic (exact) mass is 348 g/mol. The van der Waals surface area contributed by atoms with Crippen LogP contribution in [0.4, 0.5) is 0 Å². The SMILES string of the molecule is COc1ccc([C@H]2CCCCCN2C(=O)c2ccc3cc[nH]c3c2)cc1. The Hall–Kier alpha value is -2.75. The molecule has 1 saturated heterocycles. The Labute approximate surface area is 153 Å². The van der Waals surface area contributed by atoms with E-state index in [1.54, 1.807) is 7.11 Å². The summed E-state index contributed by atoms with van der Waals surface area (Å²) in [6.45, 7) is 0.804. The summed E-state index contributed by atoms with van der Waals surface area (Å²) in [5.41, 5.74) is 2.94. The van der Waals surface area contributed by atoms with Gasteiger partial charge in [0.05, 0.1) is 13.2 Å². The second-order valence-electron chi connectivity index (χ2n) is 6.92. The zero-order valence-electron chi connectivity index (χ0n) is 15.1. The maximum Gasteiger partial charge on any atom is 0.254 e. The number of fused-ring (bicyclic) bond motifs is 1. The van der Waals surface area contributed by atoms with Crippen LogP contribution in [0.1, 0.15) is 47.6 Å². The normalized spacial score (nSPS) is 17.9. The molecule has 1 aliphatic rings. The first-order valence-electron chi connectivity index (χ1n) is 9.28. The molecule has 0 aliphatic carbocycles. The van der Waals surface area contributed by atoms with Gasteiger partial charge < -0.3 is 14.6 Å². The zero-order valence-corrected chi connectivity index (χ0v) is 15.1. The quantitative estimate of drug-likeness (QED) is 0.729. The summed E-state index contributed by atoms with van der Waals surface area (Å²) in [6, 6.07) is 16.2. The van der Waals surface area contributed by atoms with Gasteiger partial charge >= 0.3 is 0 Å². The first-order valence-corrected chi connectivity index (χ1v) is 9.28. The number of amides is 1. The molecule has 2 aromatic carbocycles. The van der Waals surface area contributed by atoms with Crippen molar-refractivity contribution < 1.29 is 9.53 Å². The zero-order chi connectivity index (χ0) is 17.9. The van der Waals surface area contributed by atoms with Crippen LogP contribution < -0.4 is 4.74 Å². The molecule has 0 saturated carbocycles. The highest BCUT2D eigenvalue weighted by Crippen LogP contribution is 2.32. The molecule has 1 fully saturated rings. The van der Waals surface area contributed by atoms with E-state index in [0.717, 1.165) is 48.0 Å². The van der Waals surface area contributed by atoms with Gasteiger partial charge in [0, 0.05) is 23.8 Å². The minimum atomic E-state index is 0.115. The van der Waals surface area contributed by atoms with E-state index >= 15 is 0 Å². The smallest absolute Gasteiger partial charge is 0.254 e. The number of methoxy groups -OCH3 is 1. The minimum absolute atomic E-state index is 0.115. The van der Waals surface area contributed by atoms with Gasteiger partial charge in [-0.2, -0.15) is 0 Å². The molecule has 1 atom stereocenters. The van der Waals surface area contributed by atoms with Crippen molar-refractivity contribution in [1.82, 2.24) is 9.88 Å². The van der Waals surface area contributed by atoms with Gasteiger partial charge in [-0.05, 0) is 54.1 Å². The molecule has 3 aromatic rings. The van der Waals surface area contributed by atoms with E-state index in [9.17, 15) is 4.79 Å². The van der Waals surface area contributed by atoms with E-state index in [-0.39, 0.29) is 11.9 Å². The highest BCUT2D eigenvalue weighted by atomic mass is 16.5. The van der Waals surface area contributed by atoms with Crippen LogP contribution in [0.5, 0.6) is 5.75 Å². The molecule has 0 radical (unpaired) electrons. The number of ether oxygens (including phenoxy) is 1. The standard InChI is InChI=1S/C22H24N2O2/c1-26-19-10-8-17(9-11-19)21-5-3-2-4-14-24(21)22(25)18-7-6-16-12-13-23-20(16)15-18/h6-13,15,21,23H,2-5,14H2,1H3/t21-/m1/s1. The van der Waals surface area contributed by atoms with E-state index in [1.807, 2.05) is 42.6 Å². The Morgan fingerprint density at radius 3 is 2.73 bits per heavy atom. The maximum absolute atomic E-state index is 13.3. The number of aromatic amines is 1. The molecule has 26 heavy (non-hydrogen) atoms. The molecule has 1 aromatic heterocycles. The number of carbonyl (C=O) groups is 1. The first-order chi connectivity index (χ1) is 12.8. The van der Waals surface area contributed by atoms with Crippen LogP contribution in [0.15, 0.2) is 54.7 Å². The van der Waals surface area contributed by atoms with Crippen LogP contribution in [0.2, 0.25) is 0 Å². The number of aromatic nitrogens is 1. The summed E-state index contributed by atoms with van der Waals surface area (Å²) < 4.78 is 5.27. The molecule has 0 unspecified atom stereocenters. The van der Waals surface area contributed by atoms with Gasteiger partial charge in [-0.3, -0.25) is 4.79 Å². The Morgan fingerprint density at radius 2 is 1.92 bits per heavy atom. The molecular weight excluding hydrogens is 324 g/mol. The number of carbonyl (C=O) groups excluding carboxylic acids is 1. The van der Waals surface area contributed by atoms with E-state index in [1.165, 1.54) is 12.0 Å². The maximum atomic E-state index is 13.3. The van der Waals surface area contributed by atoms with E-state index in [4.69, 9.17) is 4.74 Å². The Kier molecular flexibility index (Phi) is 4.65. The lowest BCUT2D eigenvalue weighted by Crippen LogP contribution is -2.34. The molecule has 134 valence electrons. The van der Waals surface area contributed by atoms with Crippen molar-refractivity contribution in [2.75, 3.05) is 13.7 Å². The van der Waals surface area contributed by atoms with Crippen LogP contribution in [-0.4, -0.2) is 29.4 Å². The second-order valence-corrected chi connectivity index (χ2v) is 6.92. The van der Waals surface area contributed by atoms with Crippen molar-refractivity contribution >= 4 is 16.8 Å². The number of hydrogen-bond acceptors (Lipinski definition) is 2. The Balaban J connectivity index is 1.66. The highest BCUT2D eigenvalue weighted by molar-refractivity contribution is 5.98. The number of benzene rings is 2. The van der Waals surface area contributed by atoms with Gasteiger partial charge in [0.1, 0.15) is 5.75 Å². The molecule has 1 aliphatic heterocycles. The fourth-order valence-electron chi connectivity index (χ4n) is 3.87. The minimum Gasteiger partial charge on any atom is -0.497 e. The van der Waals surface area contributed by atoms with Crippen LogP contribution in [0, 0.1) is 0 Å². The number of nitrogens with one attached hydrogen (secondary N) is 1. The molecule has 0 spiro atoms. The van der Waals surface area contributed by atoms with Crippen molar-refractivity contribution in [3.8, 4) is 5.75 Å². The summed E-state index contributed by atoms with van der Waals surface area (Å²) in [5.74, 6) is 0.960. The van der Waals surface area contributed by atoms with Gasteiger partial charge in [-0.25, -0.2) is 0 Å². The number of likely N-dealkylation sites (tertiary alicyclic amines) is 1. The number of nitrogens with zero attached hydrogens (tertiary/aromatic N) is 1. The number of H-pyrrole nitrogens is 1.